The molecule has 2 aromatic rings. The van der Waals surface area contributed by atoms with E-state index in [2.05, 4.69) is 55.7 Å². The molecule has 0 amide bonds. The summed E-state index contributed by atoms with van der Waals surface area (Å²) in [6.07, 6.45) is 3.24. The van der Waals surface area contributed by atoms with Crippen molar-refractivity contribution >= 4 is 5.95 Å². The number of nitrogens with two attached hydrogens (primary N) is 1. The number of hydrogen-bond donors (Lipinski definition) is 3. The highest BCUT2D eigenvalue weighted by Crippen LogP contribution is 2.13. The summed E-state index contributed by atoms with van der Waals surface area (Å²) < 4.78 is 0. The third-order valence-corrected chi connectivity index (χ3v) is 4.18. The molecule has 22 heavy (non-hydrogen) atoms. The number of nitrogens with one attached hydrogen (secondary N) is 2. The fraction of sp³-hybridized carbons (Fsp3) is 0.500. The van der Waals surface area contributed by atoms with Crippen LogP contribution >= 0.6 is 0 Å². The highest BCUT2D eigenvalue weighted by atomic mass is 15.3. The van der Waals surface area contributed by atoms with E-state index in [-0.39, 0.29) is 0 Å². The Kier molecular flexibility index (Phi) is 5.03. The molecule has 0 bridgehead atoms. The van der Waals surface area contributed by atoms with Gasteiger partial charge in [-0.3, -0.25) is 10.00 Å². The lowest BCUT2D eigenvalue weighted by Crippen LogP contribution is -2.42. The second kappa shape index (κ2) is 7.38. The molecule has 3 rings (SSSR count). The van der Waals surface area contributed by atoms with Crippen LogP contribution < -0.4 is 11.1 Å². The highest BCUT2D eigenvalue weighted by Gasteiger charge is 2.18. The van der Waals surface area contributed by atoms with Gasteiger partial charge < -0.3 is 11.1 Å². The summed E-state index contributed by atoms with van der Waals surface area (Å²) in [5.74, 6) is 1.18. The van der Waals surface area contributed by atoms with Crippen molar-refractivity contribution in [3.8, 4) is 0 Å². The van der Waals surface area contributed by atoms with Crippen molar-refractivity contribution in [2.24, 2.45) is 0 Å². The first-order valence-electron chi connectivity index (χ1n) is 7.96. The fourth-order valence-electron chi connectivity index (χ4n) is 2.95. The SMILES string of the molecule is Nc1n[nH]c(CCNC2CCN(Cc3ccccc3)CC2)n1. The maximum Gasteiger partial charge on any atom is 0.239 e. The number of nitrogens with zero attached hydrogens (tertiary/aromatic N) is 3. The molecule has 1 aromatic carbocycles. The molecule has 0 saturated carbocycles. The number of benzene rings is 1. The van der Waals surface area contributed by atoms with Crippen LogP contribution in [0.2, 0.25) is 0 Å². The van der Waals surface area contributed by atoms with Gasteiger partial charge in [0.2, 0.25) is 5.95 Å². The van der Waals surface area contributed by atoms with E-state index in [1.54, 1.807) is 0 Å². The highest BCUT2D eigenvalue weighted by molar-refractivity contribution is 5.14. The summed E-state index contributed by atoms with van der Waals surface area (Å²) >= 11 is 0. The first-order chi connectivity index (χ1) is 10.8. The first kappa shape index (κ1) is 15.0. The van der Waals surface area contributed by atoms with Crippen molar-refractivity contribution < 1.29 is 0 Å². The quantitative estimate of drug-likeness (QED) is 0.746. The van der Waals surface area contributed by atoms with Gasteiger partial charge in [-0.2, -0.15) is 4.98 Å². The molecule has 1 aromatic heterocycles. The number of nitrogen functional groups attached to an aromatic ring is 1. The van der Waals surface area contributed by atoms with Gasteiger partial charge in [-0.1, -0.05) is 30.3 Å². The number of H-pyrrole nitrogens is 1. The van der Waals surface area contributed by atoms with Gasteiger partial charge in [-0.05, 0) is 31.5 Å². The second-order valence-corrected chi connectivity index (χ2v) is 5.88. The molecule has 118 valence electrons. The summed E-state index contributed by atoms with van der Waals surface area (Å²) in [7, 11) is 0. The molecule has 6 heteroatoms. The van der Waals surface area contributed by atoms with Crippen molar-refractivity contribution in [1.82, 2.24) is 25.4 Å². The zero-order chi connectivity index (χ0) is 15.2. The molecule has 1 saturated heterocycles. The Hall–Kier alpha value is -1.92. The topological polar surface area (TPSA) is 82.9 Å². The van der Waals surface area contributed by atoms with E-state index in [0.29, 0.717) is 12.0 Å². The Labute approximate surface area is 131 Å². The molecule has 0 radical (unpaired) electrons. The second-order valence-electron chi connectivity index (χ2n) is 5.88. The predicted molar refractivity (Wildman–Crippen MR) is 87.2 cm³/mol. The van der Waals surface area contributed by atoms with Crippen molar-refractivity contribution in [2.45, 2.75) is 31.8 Å². The van der Waals surface area contributed by atoms with Gasteiger partial charge in [0, 0.05) is 25.6 Å². The minimum absolute atomic E-state index is 0.323. The summed E-state index contributed by atoms with van der Waals surface area (Å²) in [6, 6.07) is 11.3. The van der Waals surface area contributed by atoms with Gasteiger partial charge in [0.05, 0.1) is 0 Å². The zero-order valence-electron chi connectivity index (χ0n) is 12.8. The van der Waals surface area contributed by atoms with Gasteiger partial charge in [0.15, 0.2) is 0 Å². The Morgan fingerprint density at radius 1 is 1.23 bits per heavy atom. The number of likely N-dealkylation sites (tertiary alicyclic amines) is 1. The van der Waals surface area contributed by atoms with Crippen LogP contribution in [0.15, 0.2) is 30.3 Å². The third-order valence-electron chi connectivity index (χ3n) is 4.18. The molecule has 1 aliphatic rings. The molecular weight excluding hydrogens is 276 g/mol. The van der Waals surface area contributed by atoms with Crippen LogP contribution in [-0.2, 0) is 13.0 Å². The minimum atomic E-state index is 0.323. The lowest BCUT2D eigenvalue weighted by atomic mass is 10.0. The molecule has 0 unspecified atom stereocenters. The van der Waals surface area contributed by atoms with E-state index in [4.69, 9.17) is 5.73 Å². The van der Waals surface area contributed by atoms with Crippen LogP contribution in [0.5, 0.6) is 0 Å². The van der Waals surface area contributed by atoms with E-state index >= 15 is 0 Å². The van der Waals surface area contributed by atoms with Crippen molar-refractivity contribution in [2.75, 3.05) is 25.4 Å². The first-order valence-corrected chi connectivity index (χ1v) is 7.96. The fourth-order valence-corrected chi connectivity index (χ4v) is 2.95. The Bertz CT molecular complexity index is 559. The van der Waals surface area contributed by atoms with E-state index in [1.807, 2.05) is 0 Å². The largest absolute Gasteiger partial charge is 0.367 e. The number of anilines is 1. The van der Waals surface area contributed by atoms with E-state index < -0.39 is 0 Å². The Balaban J connectivity index is 1.35. The van der Waals surface area contributed by atoms with Crippen LogP contribution in [0, 0.1) is 0 Å². The number of rotatable bonds is 6. The smallest absolute Gasteiger partial charge is 0.239 e. The van der Waals surface area contributed by atoms with Gasteiger partial charge in [-0.15, -0.1) is 5.10 Å². The molecule has 2 heterocycles. The van der Waals surface area contributed by atoms with Crippen LogP contribution in [0.25, 0.3) is 0 Å². The lowest BCUT2D eigenvalue weighted by Gasteiger charge is -2.32. The van der Waals surface area contributed by atoms with E-state index in [1.165, 1.54) is 18.4 Å². The van der Waals surface area contributed by atoms with E-state index in [0.717, 1.165) is 38.4 Å². The van der Waals surface area contributed by atoms with Crippen LogP contribution in [0.3, 0.4) is 0 Å². The minimum Gasteiger partial charge on any atom is -0.367 e. The normalized spacial score (nSPS) is 16.9. The van der Waals surface area contributed by atoms with Crippen molar-refractivity contribution in [1.29, 1.82) is 0 Å². The molecule has 4 N–H and O–H groups in total. The van der Waals surface area contributed by atoms with E-state index in [9.17, 15) is 0 Å². The number of aromatic amines is 1. The lowest BCUT2D eigenvalue weighted by molar-refractivity contribution is 0.191. The van der Waals surface area contributed by atoms with Crippen LogP contribution in [-0.4, -0.2) is 45.8 Å². The average molecular weight is 300 g/mol. The monoisotopic (exact) mass is 300 g/mol. The zero-order valence-corrected chi connectivity index (χ0v) is 12.8. The van der Waals surface area contributed by atoms with Gasteiger partial charge in [-0.25, -0.2) is 0 Å². The van der Waals surface area contributed by atoms with Crippen LogP contribution in [0.1, 0.15) is 24.2 Å². The maximum atomic E-state index is 5.49. The Morgan fingerprint density at radius 2 is 2.00 bits per heavy atom. The number of aromatic nitrogens is 3. The molecular formula is C16H24N6. The molecule has 0 atom stereocenters. The summed E-state index contributed by atoms with van der Waals surface area (Å²) in [5.41, 5.74) is 6.89. The molecule has 1 fully saturated rings. The third kappa shape index (κ3) is 4.29. The number of piperidine rings is 1. The molecule has 1 aliphatic heterocycles. The standard InChI is InChI=1S/C16H24N6/c17-16-19-15(20-21-16)6-9-18-14-7-10-22(11-8-14)12-13-4-2-1-3-5-13/h1-5,14,18H,6-12H2,(H3,17,19,20,21). The molecule has 0 aliphatic carbocycles. The molecule has 0 spiro atoms. The predicted octanol–water partition coefficient (Wildman–Crippen LogP) is 1.18. The van der Waals surface area contributed by atoms with Crippen molar-refractivity contribution in [3.63, 3.8) is 0 Å². The van der Waals surface area contributed by atoms with Gasteiger partial charge >= 0.3 is 0 Å². The Morgan fingerprint density at radius 3 is 2.68 bits per heavy atom. The summed E-state index contributed by atoms with van der Waals surface area (Å²) in [4.78, 5) is 6.65. The average Bonchev–Trinajstić information content (AvgIpc) is 2.96. The van der Waals surface area contributed by atoms with Gasteiger partial charge in [0.1, 0.15) is 5.82 Å². The maximum absolute atomic E-state index is 5.49. The van der Waals surface area contributed by atoms with Crippen LogP contribution in [0.4, 0.5) is 5.95 Å². The van der Waals surface area contributed by atoms with Gasteiger partial charge in [0.25, 0.3) is 0 Å². The molecule has 6 nitrogen and oxygen atoms in total. The van der Waals surface area contributed by atoms with Crippen molar-refractivity contribution in [3.05, 3.63) is 41.7 Å². The summed E-state index contributed by atoms with van der Waals surface area (Å²) in [6.45, 7) is 4.28. The number of hydrogen-bond acceptors (Lipinski definition) is 5. The summed E-state index contributed by atoms with van der Waals surface area (Å²) in [5, 5.41) is 10.3.